The molecule has 27 heavy (non-hydrogen) atoms. The summed E-state index contributed by atoms with van der Waals surface area (Å²) in [5.74, 6) is 3.17. The Hall–Kier alpha value is -3.12. The van der Waals surface area contributed by atoms with Crippen molar-refractivity contribution >= 4 is 27.4 Å². The Balaban J connectivity index is 1.50. The van der Waals surface area contributed by atoms with E-state index in [4.69, 9.17) is 19.4 Å². The van der Waals surface area contributed by atoms with Crippen LogP contribution in [0, 0.1) is 6.92 Å². The van der Waals surface area contributed by atoms with Gasteiger partial charge >= 0.3 is 0 Å². The second-order valence-corrected chi connectivity index (χ2v) is 7.61. The first-order valence-electron chi connectivity index (χ1n) is 8.72. The Morgan fingerprint density at radius 2 is 1.85 bits per heavy atom. The number of aryl methyl sites for hydroxylation is 1. The molecule has 1 N–H and O–H groups in total. The van der Waals surface area contributed by atoms with E-state index in [0.29, 0.717) is 6.54 Å². The van der Waals surface area contributed by atoms with Crippen LogP contribution in [0.2, 0.25) is 0 Å². The third-order valence-corrected chi connectivity index (χ3v) is 5.39. The summed E-state index contributed by atoms with van der Waals surface area (Å²) in [7, 11) is 0. The van der Waals surface area contributed by atoms with Crippen molar-refractivity contribution < 1.29 is 9.47 Å². The number of aromatic nitrogens is 2. The van der Waals surface area contributed by atoms with E-state index in [2.05, 4.69) is 18.3 Å². The summed E-state index contributed by atoms with van der Waals surface area (Å²) in [6, 6.07) is 18.2. The average molecular weight is 375 g/mol. The number of benzene rings is 2. The van der Waals surface area contributed by atoms with Crippen molar-refractivity contribution in [3.63, 3.8) is 0 Å². The van der Waals surface area contributed by atoms with E-state index in [1.54, 1.807) is 11.3 Å². The topological polar surface area (TPSA) is 56.3 Å². The number of thiophene rings is 1. The molecule has 0 aliphatic carbocycles. The second kappa shape index (κ2) is 6.55. The fourth-order valence-corrected chi connectivity index (χ4v) is 4.01. The first-order chi connectivity index (χ1) is 13.3. The zero-order chi connectivity index (χ0) is 18.2. The van der Waals surface area contributed by atoms with Gasteiger partial charge in [0.25, 0.3) is 0 Å². The van der Waals surface area contributed by atoms with Crippen LogP contribution in [-0.2, 0) is 6.54 Å². The molecule has 6 heteroatoms. The standard InChI is InChI=1S/C21H17N3O2S/c1-13-9-16-20(22-11-14-7-8-17-18(10-14)26-12-25-17)23-19(24-21(16)27-13)15-5-3-2-4-6-15/h2-10H,11-12H2,1H3,(H,22,23,24). The van der Waals surface area contributed by atoms with E-state index in [0.717, 1.165) is 44.5 Å². The highest BCUT2D eigenvalue weighted by molar-refractivity contribution is 7.18. The molecule has 4 aromatic rings. The second-order valence-electron chi connectivity index (χ2n) is 6.38. The maximum atomic E-state index is 5.47. The van der Waals surface area contributed by atoms with E-state index in [9.17, 15) is 0 Å². The van der Waals surface area contributed by atoms with Crippen LogP contribution in [0.15, 0.2) is 54.6 Å². The summed E-state index contributed by atoms with van der Waals surface area (Å²) in [5, 5.41) is 4.53. The molecule has 134 valence electrons. The molecule has 0 saturated heterocycles. The maximum Gasteiger partial charge on any atom is 0.231 e. The number of rotatable bonds is 4. The molecule has 0 fully saturated rings. The van der Waals surface area contributed by atoms with Gasteiger partial charge in [-0.25, -0.2) is 9.97 Å². The SMILES string of the molecule is Cc1cc2c(NCc3ccc4c(c3)OCO4)nc(-c3ccccc3)nc2s1. The molecule has 0 radical (unpaired) electrons. The summed E-state index contributed by atoms with van der Waals surface area (Å²) in [6.07, 6.45) is 0. The Kier molecular flexibility index (Phi) is 3.90. The largest absolute Gasteiger partial charge is 0.454 e. The monoisotopic (exact) mass is 375 g/mol. The molecule has 2 aromatic carbocycles. The Morgan fingerprint density at radius 1 is 1.00 bits per heavy atom. The van der Waals surface area contributed by atoms with Crippen molar-refractivity contribution in [2.75, 3.05) is 12.1 Å². The average Bonchev–Trinajstić information content (AvgIpc) is 3.31. The molecule has 5 rings (SSSR count). The van der Waals surface area contributed by atoms with Gasteiger partial charge in [0, 0.05) is 17.0 Å². The van der Waals surface area contributed by atoms with Crippen LogP contribution >= 0.6 is 11.3 Å². The lowest BCUT2D eigenvalue weighted by molar-refractivity contribution is 0.174. The molecular formula is C21H17N3O2S. The van der Waals surface area contributed by atoms with Gasteiger partial charge in [-0.1, -0.05) is 36.4 Å². The number of nitrogens with zero attached hydrogens (tertiary/aromatic N) is 2. The highest BCUT2D eigenvalue weighted by Gasteiger charge is 2.15. The number of hydrogen-bond acceptors (Lipinski definition) is 6. The van der Waals surface area contributed by atoms with Gasteiger partial charge in [-0.2, -0.15) is 0 Å². The quantitative estimate of drug-likeness (QED) is 0.543. The molecule has 5 nitrogen and oxygen atoms in total. The smallest absolute Gasteiger partial charge is 0.231 e. The van der Waals surface area contributed by atoms with Gasteiger partial charge in [-0.3, -0.25) is 0 Å². The molecular weight excluding hydrogens is 358 g/mol. The van der Waals surface area contributed by atoms with Crippen LogP contribution in [0.1, 0.15) is 10.4 Å². The molecule has 3 heterocycles. The lowest BCUT2D eigenvalue weighted by atomic mass is 10.2. The predicted octanol–water partition coefficient (Wildman–Crippen LogP) is 5.01. The van der Waals surface area contributed by atoms with Crippen LogP contribution < -0.4 is 14.8 Å². The first kappa shape index (κ1) is 16.1. The highest BCUT2D eigenvalue weighted by atomic mass is 32.1. The van der Waals surface area contributed by atoms with Crippen LogP contribution in [-0.4, -0.2) is 16.8 Å². The number of ether oxygens (including phenoxy) is 2. The van der Waals surface area contributed by atoms with Crippen LogP contribution in [0.3, 0.4) is 0 Å². The number of fused-ring (bicyclic) bond motifs is 2. The summed E-state index contributed by atoms with van der Waals surface area (Å²) in [6.45, 7) is 3.02. The van der Waals surface area contributed by atoms with Crippen molar-refractivity contribution in [3.8, 4) is 22.9 Å². The van der Waals surface area contributed by atoms with Crippen molar-refractivity contribution in [3.05, 3.63) is 65.0 Å². The van der Waals surface area contributed by atoms with Crippen LogP contribution in [0.4, 0.5) is 5.82 Å². The van der Waals surface area contributed by atoms with E-state index in [1.165, 1.54) is 4.88 Å². The molecule has 0 spiro atoms. The minimum Gasteiger partial charge on any atom is -0.454 e. The lowest BCUT2D eigenvalue weighted by Gasteiger charge is -2.10. The number of anilines is 1. The molecule has 0 bridgehead atoms. The normalized spacial score (nSPS) is 12.5. The third-order valence-electron chi connectivity index (χ3n) is 4.44. The van der Waals surface area contributed by atoms with E-state index in [-0.39, 0.29) is 6.79 Å². The van der Waals surface area contributed by atoms with Crippen molar-refractivity contribution in [2.24, 2.45) is 0 Å². The number of hydrogen-bond donors (Lipinski definition) is 1. The molecule has 1 aliphatic rings. The van der Waals surface area contributed by atoms with Crippen LogP contribution in [0.5, 0.6) is 11.5 Å². The fraction of sp³-hybridized carbons (Fsp3) is 0.143. The highest BCUT2D eigenvalue weighted by Crippen LogP contribution is 2.34. The van der Waals surface area contributed by atoms with Gasteiger partial charge in [0.2, 0.25) is 6.79 Å². The molecule has 2 aromatic heterocycles. The minimum absolute atomic E-state index is 0.285. The zero-order valence-electron chi connectivity index (χ0n) is 14.7. The first-order valence-corrected chi connectivity index (χ1v) is 9.54. The molecule has 0 saturated carbocycles. The summed E-state index contributed by atoms with van der Waals surface area (Å²) >= 11 is 1.69. The van der Waals surface area contributed by atoms with Crippen molar-refractivity contribution in [1.29, 1.82) is 0 Å². The van der Waals surface area contributed by atoms with Gasteiger partial charge < -0.3 is 14.8 Å². The molecule has 0 atom stereocenters. The zero-order valence-corrected chi connectivity index (χ0v) is 15.5. The maximum absolute atomic E-state index is 5.47. The van der Waals surface area contributed by atoms with Crippen LogP contribution in [0.25, 0.3) is 21.6 Å². The Morgan fingerprint density at radius 3 is 2.74 bits per heavy atom. The summed E-state index contributed by atoms with van der Waals surface area (Å²) < 4.78 is 10.8. The molecule has 0 unspecified atom stereocenters. The van der Waals surface area contributed by atoms with Gasteiger partial charge in [0.05, 0.1) is 5.39 Å². The Bertz CT molecular complexity index is 1130. The van der Waals surface area contributed by atoms with Gasteiger partial charge in [0.15, 0.2) is 17.3 Å². The van der Waals surface area contributed by atoms with Crippen molar-refractivity contribution in [1.82, 2.24) is 9.97 Å². The van der Waals surface area contributed by atoms with Gasteiger partial charge in [-0.05, 0) is 30.7 Å². The van der Waals surface area contributed by atoms with Crippen molar-refractivity contribution in [2.45, 2.75) is 13.5 Å². The minimum atomic E-state index is 0.285. The third kappa shape index (κ3) is 3.08. The van der Waals surface area contributed by atoms with Gasteiger partial charge in [-0.15, -0.1) is 11.3 Å². The van der Waals surface area contributed by atoms with Gasteiger partial charge in [0.1, 0.15) is 10.6 Å². The predicted molar refractivity (Wildman–Crippen MR) is 107 cm³/mol. The lowest BCUT2D eigenvalue weighted by Crippen LogP contribution is -2.03. The van der Waals surface area contributed by atoms with E-state index >= 15 is 0 Å². The van der Waals surface area contributed by atoms with E-state index < -0.39 is 0 Å². The molecule has 0 amide bonds. The summed E-state index contributed by atoms with van der Waals surface area (Å²) in [4.78, 5) is 11.8. The Labute approximate surface area is 160 Å². The molecule has 1 aliphatic heterocycles. The number of nitrogens with one attached hydrogen (secondary N) is 1. The fourth-order valence-electron chi connectivity index (χ4n) is 3.13. The summed E-state index contributed by atoms with van der Waals surface area (Å²) in [5.41, 5.74) is 2.12. The van der Waals surface area contributed by atoms with E-state index in [1.807, 2.05) is 48.5 Å².